The molecule has 0 spiro atoms. The summed E-state index contributed by atoms with van der Waals surface area (Å²) in [7, 11) is 0. The number of ether oxygens (including phenoxy) is 2. The molecule has 0 bridgehead atoms. The average molecular weight is 451 g/mol. The molecule has 1 aliphatic carbocycles. The summed E-state index contributed by atoms with van der Waals surface area (Å²) < 4.78 is 37.5. The Kier molecular flexibility index (Phi) is 7.04. The number of carbonyl (C=O) groups is 3. The van der Waals surface area contributed by atoms with Crippen LogP contribution in [0.5, 0.6) is 0 Å². The Hall–Kier alpha value is -2.81. The van der Waals surface area contributed by atoms with Gasteiger partial charge >= 0.3 is 11.9 Å². The minimum absolute atomic E-state index is 0.320. The van der Waals surface area contributed by atoms with Crippen molar-refractivity contribution in [2.24, 2.45) is 5.92 Å². The molecule has 1 aliphatic rings. The predicted molar refractivity (Wildman–Crippen MR) is 111 cm³/mol. The minimum atomic E-state index is -1.29. The number of hydrogen-bond donors (Lipinski definition) is 1. The number of amides is 1. The van der Waals surface area contributed by atoms with Gasteiger partial charge in [-0.25, -0.2) is 18.4 Å². The van der Waals surface area contributed by atoms with Crippen molar-refractivity contribution in [2.45, 2.75) is 46.1 Å². The Morgan fingerprint density at radius 1 is 1.16 bits per heavy atom. The Morgan fingerprint density at radius 3 is 2.48 bits per heavy atom. The van der Waals surface area contributed by atoms with E-state index < -0.39 is 41.7 Å². The number of fused-ring (bicyclic) bond motifs is 1. The minimum Gasteiger partial charge on any atom is -0.459 e. The number of nitrogens with one attached hydrogen (secondary N) is 1. The molecule has 0 radical (unpaired) electrons. The maximum Gasteiger partial charge on any atom is 0.344 e. The highest BCUT2D eigenvalue weighted by molar-refractivity contribution is 7.17. The van der Waals surface area contributed by atoms with Gasteiger partial charge in [0.25, 0.3) is 5.91 Å². The van der Waals surface area contributed by atoms with Gasteiger partial charge in [0, 0.05) is 4.88 Å². The van der Waals surface area contributed by atoms with Crippen molar-refractivity contribution in [1.82, 2.24) is 0 Å². The molecule has 0 saturated heterocycles. The van der Waals surface area contributed by atoms with Crippen LogP contribution in [0.1, 0.15) is 58.3 Å². The first-order chi connectivity index (χ1) is 14.7. The summed E-state index contributed by atoms with van der Waals surface area (Å²) in [5.41, 5.74) is 0.326. The molecule has 166 valence electrons. The zero-order valence-corrected chi connectivity index (χ0v) is 18.2. The summed E-state index contributed by atoms with van der Waals surface area (Å²) in [6.07, 6.45) is 2.09. The highest BCUT2D eigenvalue weighted by Gasteiger charge is 2.30. The lowest BCUT2D eigenvalue weighted by Crippen LogP contribution is -2.23. The molecule has 1 aromatic heterocycles. The lowest BCUT2D eigenvalue weighted by atomic mass is 9.88. The Bertz CT molecular complexity index is 997. The molecule has 1 amide bonds. The second-order valence-electron chi connectivity index (χ2n) is 7.73. The van der Waals surface area contributed by atoms with E-state index in [4.69, 9.17) is 9.47 Å². The molecule has 1 heterocycles. The Labute approximate surface area is 182 Å². The van der Waals surface area contributed by atoms with Crippen LogP contribution in [0.25, 0.3) is 0 Å². The maximum absolute atomic E-state index is 13.7. The molecular weight excluding hydrogens is 428 g/mol. The highest BCUT2D eigenvalue weighted by Crippen LogP contribution is 2.40. The fourth-order valence-corrected chi connectivity index (χ4v) is 4.80. The summed E-state index contributed by atoms with van der Waals surface area (Å²) in [6, 6.07) is 2.96. The van der Waals surface area contributed by atoms with E-state index in [2.05, 4.69) is 12.2 Å². The van der Waals surface area contributed by atoms with E-state index in [1.54, 1.807) is 13.8 Å². The second kappa shape index (κ2) is 9.55. The molecule has 1 aromatic carbocycles. The largest absolute Gasteiger partial charge is 0.459 e. The van der Waals surface area contributed by atoms with Gasteiger partial charge in [-0.05, 0) is 56.7 Å². The van der Waals surface area contributed by atoms with Crippen LogP contribution in [-0.2, 0) is 27.1 Å². The SMILES string of the molecule is CC1CCc2c(sc(NC(=O)COC(=O)c3c(F)cccc3F)c2C(=O)OC(C)C)C1. The van der Waals surface area contributed by atoms with Gasteiger partial charge in [0.05, 0.1) is 11.7 Å². The van der Waals surface area contributed by atoms with Gasteiger partial charge in [0.2, 0.25) is 0 Å². The van der Waals surface area contributed by atoms with Crippen molar-refractivity contribution >= 4 is 34.2 Å². The standard InChI is InChI=1S/C22H23F2NO5S/c1-11(2)30-22(28)18-13-8-7-12(3)9-16(13)31-20(18)25-17(26)10-29-21(27)19-14(23)5-4-6-15(19)24/h4-6,11-12H,7-10H2,1-3H3,(H,25,26). The number of thiophene rings is 1. The average Bonchev–Trinajstić information content (AvgIpc) is 3.02. The van der Waals surface area contributed by atoms with Gasteiger partial charge in [-0.1, -0.05) is 13.0 Å². The molecular formula is C22H23F2NO5S. The quantitative estimate of drug-likeness (QED) is 0.654. The van der Waals surface area contributed by atoms with E-state index in [1.165, 1.54) is 11.3 Å². The molecule has 0 saturated carbocycles. The first-order valence-electron chi connectivity index (χ1n) is 9.93. The molecule has 0 fully saturated rings. The van der Waals surface area contributed by atoms with Crippen molar-refractivity contribution in [1.29, 1.82) is 0 Å². The van der Waals surface area contributed by atoms with Crippen LogP contribution in [0.15, 0.2) is 18.2 Å². The summed E-state index contributed by atoms with van der Waals surface area (Å²) in [5, 5.41) is 2.91. The molecule has 0 aliphatic heterocycles. The van der Waals surface area contributed by atoms with Gasteiger partial charge in [0.15, 0.2) is 6.61 Å². The van der Waals surface area contributed by atoms with Gasteiger partial charge in [0.1, 0.15) is 22.2 Å². The molecule has 2 aromatic rings. The zero-order chi connectivity index (χ0) is 22.7. The van der Waals surface area contributed by atoms with Gasteiger partial charge in [-0.15, -0.1) is 11.3 Å². The number of hydrogen-bond acceptors (Lipinski definition) is 6. The van der Waals surface area contributed by atoms with Crippen LogP contribution in [0, 0.1) is 17.6 Å². The lowest BCUT2D eigenvalue weighted by molar-refractivity contribution is -0.119. The van der Waals surface area contributed by atoms with Gasteiger partial charge < -0.3 is 14.8 Å². The lowest BCUT2D eigenvalue weighted by Gasteiger charge is -2.18. The van der Waals surface area contributed by atoms with Crippen molar-refractivity contribution in [3.8, 4) is 0 Å². The fourth-order valence-electron chi connectivity index (χ4n) is 3.39. The van der Waals surface area contributed by atoms with E-state index in [0.717, 1.165) is 41.5 Å². The topological polar surface area (TPSA) is 81.7 Å². The van der Waals surface area contributed by atoms with Crippen molar-refractivity contribution in [3.63, 3.8) is 0 Å². The smallest absolute Gasteiger partial charge is 0.344 e. The fraction of sp³-hybridized carbons (Fsp3) is 0.409. The predicted octanol–water partition coefficient (Wildman–Crippen LogP) is 4.51. The van der Waals surface area contributed by atoms with E-state index >= 15 is 0 Å². The number of rotatable bonds is 6. The summed E-state index contributed by atoms with van der Waals surface area (Å²) in [4.78, 5) is 38.0. The molecule has 1 atom stereocenters. The summed E-state index contributed by atoms with van der Waals surface area (Å²) in [5.74, 6) is -4.24. The number of esters is 2. The molecule has 3 rings (SSSR count). The third-order valence-corrected chi connectivity index (χ3v) is 5.98. The normalized spacial score (nSPS) is 15.4. The van der Waals surface area contributed by atoms with Crippen LogP contribution in [0.4, 0.5) is 13.8 Å². The summed E-state index contributed by atoms with van der Waals surface area (Å²) >= 11 is 1.29. The summed E-state index contributed by atoms with van der Waals surface area (Å²) in [6.45, 7) is 4.83. The van der Waals surface area contributed by atoms with Crippen LogP contribution in [0.2, 0.25) is 0 Å². The molecule has 6 nitrogen and oxygen atoms in total. The van der Waals surface area contributed by atoms with Crippen molar-refractivity contribution in [3.05, 3.63) is 51.4 Å². The van der Waals surface area contributed by atoms with Crippen LogP contribution in [-0.4, -0.2) is 30.6 Å². The third-order valence-electron chi connectivity index (χ3n) is 4.81. The number of benzene rings is 1. The van der Waals surface area contributed by atoms with Crippen LogP contribution < -0.4 is 5.32 Å². The zero-order valence-electron chi connectivity index (χ0n) is 17.4. The Morgan fingerprint density at radius 2 is 1.84 bits per heavy atom. The maximum atomic E-state index is 13.7. The van der Waals surface area contributed by atoms with E-state index in [-0.39, 0.29) is 6.10 Å². The van der Waals surface area contributed by atoms with Crippen molar-refractivity contribution < 1.29 is 32.6 Å². The van der Waals surface area contributed by atoms with E-state index in [0.29, 0.717) is 22.9 Å². The number of halogens is 2. The first-order valence-corrected chi connectivity index (χ1v) is 10.8. The highest BCUT2D eigenvalue weighted by atomic mass is 32.1. The second-order valence-corrected chi connectivity index (χ2v) is 8.84. The van der Waals surface area contributed by atoms with E-state index in [9.17, 15) is 23.2 Å². The van der Waals surface area contributed by atoms with Crippen LogP contribution >= 0.6 is 11.3 Å². The third kappa shape index (κ3) is 5.28. The van der Waals surface area contributed by atoms with Crippen LogP contribution in [0.3, 0.4) is 0 Å². The first kappa shape index (κ1) is 22.9. The molecule has 1 unspecified atom stereocenters. The molecule has 31 heavy (non-hydrogen) atoms. The van der Waals surface area contributed by atoms with E-state index in [1.807, 2.05) is 0 Å². The van der Waals surface area contributed by atoms with Gasteiger partial charge in [-0.2, -0.15) is 0 Å². The van der Waals surface area contributed by atoms with Crippen molar-refractivity contribution in [2.75, 3.05) is 11.9 Å². The number of anilines is 1. The monoisotopic (exact) mass is 451 g/mol. The molecule has 1 N–H and O–H groups in total. The number of carbonyl (C=O) groups excluding carboxylic acids is 3. The molecule has 9 heteroatoms. The Balaban J connectivity index is 1.75. The van der Waals surface area contributed by atoms with Gasteiger partial charge in [-0.3, -0.25) is 4.79 Å².